The number of ether oxygens (including phenoxy) is 2. The summed E-state index contributed by atoms with van der Waals surface area (Å²) in [5.41, 5.74) is 7.62. The fourth-order valence-electron chi connectivity index (χ4n) is 5.07. The van der Waals surface area contributed by atoms with Crippen molar-refractivity contribution in [2.45, 2.75) is 23.6 Å². The molecule has 1 aliphatic rings. The van der Waals surface area contributed by atoms with E-state index < -0.39 is 10.0 Å². The highest BCUT2D eigenvalue weighted by Gasteiger charge is 2.31. The van der Waals surface area contributed by atoms with Crippen molar-refractivity contribution in [3.63, 3.8) is 0 Å². The Labute approximate surface area is 210 Å². The van der Waals surface area contributed by atoms with Crippen molar-refractivity contribution in [2.24, 2.45) is 0 Å². The maximum Gasteiger partial charge on any atom is 0.118 e. The van der Waals surface area contributed by atoms with Gasteiger partial charge in [-0.15, -0.1) is 0 Å². The lowest BCUT2D eigenvalue weighted by Crippen LogP contribution is -2.10. The average Bonchev–Trinajstić information content (AvgIpc) is 3.07. The summed E-state index contributed by atoms with van der Waals surface area (Å²) in [6.07, 6.45) is 4.61. The Morgan fingerprint density at radius 2 is 0.886 bits per heavy atom. The number of fused-ring (bicyclic) bond motifs is 2. The fourth-order valence-corrected chi connectivity index (χ4v) is 8.84. The molecule has 35 heavy (non-hydrogen) atoms. The van der Waals surface area contributed by atoms with Crippen LogP contribution in [0.5, 0.6) is 11.5 Å². The minimum absolute atomic E-state index is 0.883. The van der Waals surface area contributed by atoms with Crippen LogP contribution in [0.4, 0.5) is 0 Å². The van der Waals surface area contributed by atoms with Crippen molar-refractivity contribution in [1.29, 1.82) is 0 Å². The standard InChI is InChI=1S/C32H32O2S/c1-5-35(6-2)31-21-27(23-13-17-29(33-3)18-14-23)11-9-25(31)7-8-26-10-12-28(22-32(26)35)24-15-19-30(34-4)20-16-24/h7-22H,5-6H2,1-4H3. The topological polar surface area (TPSA) is 18.5 Å². The van der Waals surface area contributed by atoms with Gasteiger partial charge in [0.25, 0.3) is 0 Å². The first kappa shape index (κ1) is 23.3. The van der Waals surface area contributed by atoms with Crippen molar-refractivity contribution in [3.8, 4) is 33.8 Å². The van der Waals surface area contributed by atoms with Crippen LogP contribution in [0.25, 0.3) is 34.4 Å². The monoisotopic (exact) mass is 480 g/mol. The summed E-state index contributed by atoms with van der Waals surface area (Å²) in [6, 6.07) is 30.7. The second kappa shape index (κ2) is 9.67. The van der Waals surface area contributed by atoms with E-state index in [0.29, 0.717) is 0 Å². The third-order valence-electron chi connectivity index (χ3n) is 7.14. The number of benzene rings is 4. The Balaban J connectivity index is 1.66. The van der Waals surface area contributed by atoms with Gasteiger partial charge >= 0.3 is 0 Å². The Morgan fingerprint density at radius 3 is 1.23 bits per heavy atom. The van der Waals surface area contributed by atoms with Crippen molar-refractivity contribution >= 4 is 22.2 Å². The summed E-state index contributed by atoms with van der Waals surface area (Å²) in [6.45, 7) is 4.72. The minimum Gasteiger partial charge on any atom is -0.497 e. The van der Waals surface area contributed by atoms with Gasteiger partial charge in [-0.25, -0.2) is 0 Å². The maximum absolute atomic E-state index is 5.37. The predicted octanol–water partition coefficient (Wildman–Crippen LogP) is 8.78. The van der Waals surface area contributed by atoms with E-state index in [4.69, 9.17) is 9.47 Å². The second-order valence-corrected chi connectivity index (χ2v) is 12.6. The molecule has 0 N–H and O–H groups in total. The first-order chi connectivity index (χ1) is 17.1. The predicted molar refractivity (Wildman–Crippen MR) is 151 cm³/mol. The van der Waals surface area contributed by atoms with Crippen LogP contribution in [0.2, 0.25) is 0 Å². The van der Waals surface area contributed by atoms with Crippen LogP contribution in [0, 0.1) is 0 Å². The minimum atomic E-state index is -1.23. The van der Waals surface area contributed by atoms with Gasteiger partial charge in [0, 0.05) is 9.79 Å². The Bertz CT molecular complexity index is 1260. The lowest BCUT2D eigenvalue weighted by Gasteiger charge is -2.41. The Kier molecular flexibility index (Phi) is 6.44. The molecule has 0 aliphatic carbocycles. The molecule has 4 aromatic rings. The quantitative estimate of drug-likeness (QED) is 0.274. The van der Waals surface area contributed by atoms with Gasteiger partial charge in [-0.3, -0.25) is 0 Å². The van der Waals surface area contributed by atoms with E-state index in [2.05, 4.69) is 86.7 Å². The molecule has 0 saturated heterocycles. The fraction of sp³-hybridized carbons (Fsp3) is 0.188. The van der Waals surface area contributed by atoms with E-state index in [0.717, 1.165) is 23.0 Å². The highest BCUT2D eigenvalue weighted by molar-refractivity contribution is 8.33. The first-order valence-corrected chi connectivity index (χ1v) is 14.1. The van der Waals surface area contributed by atoms with E-state index in [1.54, 1.807) is 14.2 Å². The summed E-state index contributed by atoms with van der Waals surface area (Å²) < 4.78 is 10.7. The van der Waals surface area contributed by atoms with Crippen molar-refractivity contribution < 1.29 is 9.47 Å². The average molecular weight is 481 g/mol. The summed E-state index contributed by atoms with van der Waals surface area (Å²) in [4.78, 5) is 2.97. The van der Waals surface area contributed by atoms with Crippen LogP contribution >= 0.6 is 10.0 Å². The maximum atomic E-state index is 5.37. The van der Waals surface area contributed by atoms with Crippen LogP contribution in [0.15, 0.2) is 94.7 Å². The van der Waals surface area contributed by atoms with E-state index in [-0.39, 0.29) is 0 Å². The molecule has 0 bridgehead atoms. The van der Waals surface area contributed by atoms with Crippen LogP contribution < -0.4 is 9.47 Å². The molecule has 3 heteroatoms. The smallest absolute Gasteiger partial charge is 0.118 e. The molecule has 178 valence electrons. The first-order valence-electron chi connectivity index (χ1n) is 12.2. The number of hydrogen-bond acceptors (Lipinski definition) is 2. The van der Waals surface area contributed by atoms with Crippen molar-refractivity contribution in [1.82, 2.24) is 0 Å². The number of hydrogen-bond donors (Lipinski definition) is 0. The number of rotatable bonds is 6. The molecule has 0 fully saturated rings. The highest BCUT2D eigenvalue weighted by atomic mass is 32.3. The van der Waals surface area contributed by atoms with Crippen LogP contribution in [0.1, 0.15) is 25.0 Å². The number of methoxy groups -OCH3 is 2. The van der Waals surface area contributed by atoms with Crippen LogP contribution in [-0.2, 0) is 0 Å². The van der Waals surface area contributed by atoms with E-state index >= 15 is 0 Å². The van der Waals surface area contributed by atoms with E-state index in [9.17, 15) is 0 Å². The van der Waals surface area contributed by atoms with Crippen molar-refractivity contribution in [2.75, 3.05) is 25.7 Å². The molecular formula is C32H32O2S. The molecule has 0 spiro atoms. The van der Waals surface area contributed by atoms with Gasteiger partial charge < -0.3 is 9.47 Å². The van der Waals surface area contributed by atoms with Crippen LogP contribution in [-0.4, -0.2) is 25.7 Å². The van der Waals surface area contributed by atoms with Gasteiger partial charge in [0.15, 0.2) is 0 Å². The molecule has 2 nitrogen and oxygen atoms in total. The highest BCUT2D eigenvalue weighted by Crippen LogP contribution is 2.66. The molecule has 5 rings (SSSR count). The molecule has 0 aromatic heterocycles. The van der Waals surface area contributed by atoms with Gasteiger partial charge in [0.2, 0.25) is 0 Å². The molecule has 4 aromatic carbocycles. The van der Waals surface area contributed by atoms with Gasteiger partial charge in [-0.2, -0.15) is 10.0 Å². The zero-order valence-electron chi connectivity index (χ0n) is 20.9. The van der Waals surface area contributed by atoms with Gasteiger partial charge in [0.05, 0.1) is 14.2 Å². The Hall–Kier alpha value is -3.43. The molecule has 1 aliphatic heterocycles. The van der Waals surface area contributed by atoms with Gasteiger partial charge in [-0.1, -0.05) is 74.5 Å². The molecule has 0 amide bonds. The lowest BCUT2D eigenvalue weighted by atomic mass is 10.0. The van der Waals surface area contributed by atoms with Crippen LogP contribution in [0.3, 0.4) is 0 Å². The van der Waals surface area contributed by atoms with E-state index in [1.165, 1.54) is 43.2 Å². The lowest BCUT2D eigenvalue weighted by molar-refractivity contribution is 0.415. The molecular weight excluding hydrogens is 448 g/mol. The molecule has 0 atom stereocenters. The molecule has 0 unspecified atom stereocenters. The SMILES string of the molecule is CCS1(CC)c2cc(-c3ccc(OC)cc3)ccc2C=Cc2ccc(-c3ccc(OC)cc3)cc21. The summed E-state index contributed by atoms with van der Waals surface area (Å²) in [7, 11) is 2.19. The third-order valence-corrected chi connectivity index (χ3v) is 11.5. The largest absolute Gasteiger partial charge is 0.497 e. The van der Waals surface area contributed by atoms with Gasteiger partial charge in [-0.05, 0) is 81.3 Å². The van der Waals surface area contributed by atoms with Gasteiger partial charge in [0.1, 0.15) is 11.5 Å². The zero-order chi connectivity index (χ0) is 24.4. The second-order valence-electron chi connectivity index (χ2n) is 8.76. The summed E-state index contributed by atoms with van der Waals surface area (Å²) >= 11 is 0. The Morgan fingerprint density at radius 1 is 0.514 bits per heavy atom. The normalized spacial score (nSPS) is 14.4. The van der Waals surface area contributed by atoms with E-state index in [1.807, 2.05) is 24.3 Å². The molecule has 0 radical (unpaired) electrons. The third kappa shape index (κ3) is 4.15. The summed E-state index contributed by atoms with van der Waals surface area (Å²) in [5, 5.41) is 0. The zero-order valence-corrected chi connectivity index (χ0v) is 21.7. The summed E-state index contributed by atoms with van der Waals surface area (Å²) in [5.74, 6) is 3.99. The van der Waals surface area contributed by atoms with Crippen molar-refractivity contribution in [3.05, 3.63) is 96.1 Å². The molecule has 0 saturated carbocycles. The molecule has 1 heterocycles.